The number of carbonyl (C=O) groups is 2. The Bertz CT molecular complexity index is 804. The Morgan fingerprint density at radius 3 is 2.79 bits per heavy atom. The van der Waals surface area contributed by atoms with Crippen LogP contribution in [0.1, 0.15) is 48.7 Å². The number of nitrogens with one attached hydrogen (secondary N) is 2. The number of hydrogen-bond donors (Lipinski definition) is 2. The molecule has 1 aliphatic heterocycles. The van der Waals surface area contributed by atoms with Crippen molar-refractivity contribution in [1.29, 1.82) is 0 Å². The molecule has 150 valence electrons. The van der Waals surface area contributed by atoms with Gasteiger partial charge >= 0.3 is 0 Å². The van der Waals surface area contributed by atoms with Crippen molar-refractivity contribution in [3.05, 3.63) is 35.4 Å². The van der Waals surface area contributed by atoms with Gasteiger partial charge in [-0.15, -0.1) is 10.2 Å². The maximum absolute atomic E-state index is 12.4. The third kappa shape index (κ3) is 6.02. The van der Waals surface area contributed by atoms with Gasteiger partial charge in [0.2, 0.25) is 11.0 Å². The van der Waals surface area contributed by atoms with Crippen molar-refractivity contribution in [3.63, 3.8) is 0 Å². The molecule has 1 aromatic heterocycles. The Morgan fingerprint density at radius 1 is 1.32 bits per heavy atom. The molecular weight excluding hydrogens is 396 g/mol. The number of carbonyl (C=O) groups excluding carboxylic acids is 2. The van der Waals surface area contributed by atoms with E-state index in [1.807, 2.05) is 19.1 Å². The van der Waals surface area contributed by atoms with Crippen molar-refractivity contribution < 1.29 is 14.3 Å². The number of amides is 1. The molecule has 1 fully saturated rings. The number of ketones is 1. The lowest BCUT2D eigenvalue weighted by atomic mass is 10.0. The quantitative estimate of drug-likeness (QED) is 0.475. The molecule has 7 nitrogen and oxygen atoms in total. The van der Waals surface area contributed by atoms with Gasteiger partial charge in [-0.25, -0.2) is 0 Å². The van der Waals surface area contributed by atoms with Gasteiger partial charge in [0.1, 0.15) is 0 Å². The Hall–Kier alpha value is -1.97. The summed E-state index contributed by atoms with van der Waals surface area (Å²) in [6, 6.07) is 7.25. The van der Waals surface area contributed by atoms with Crippen LogP contribution in [0.5, 0.6) is 0 Å². The van der Waals surface area contributed by atoms with Crippen LogP contribution in [0.4, 0.5) is 5.13 Å². The Morgan fingerprint density at radius 2 is 2.11 bits per heavy atom. The highest BCUT2D eigenvalue weighted by Gasteiger charge is 2.16. The van der Waals surface area contributed by atoms with Gasteiger partial charge in [0, 0.05) is 25.6 Å². The minimum absolute atomic E-state index is 0.0350. The number of anilines is 1. The lowest BCUT2D eigenvalue weighted by Gasteiger charge is -2.13. The van der Waals surface area contributed by atoms with Crippen LogP contribution in [0.15, 0.2) is 28.6 Å². The first-order chi connectivity index (χ1) is 13.5. The second kappa shape index (κ2) is 9.99. The summed E-state index contributed by atoms with van der Waals surface area (Å²) in [4.78, 5) is 23.6. The van der Waals surface area contributed by atoms with E-state index in [2.05, 4.69) is 20.8 Å². The number of thioether (sulfide) groups is 1. The van der Waals surface area contributed by atoms with Gasteiger partial charge < -0.3 is 15.4 Å². The molecule has 2 atom stereocenters. The van der Waals surface area contributed by atoms with Crippen LogP contribution in [-0.4, -0.2) is 46.9 Å². The predicted molar refractivity (Wildman–Crippen MR) is 111 cm³/mol. The molecule has 0 aliphatic carbocycles. The zero-order chi connectivity index (χ0) is 19.9. The molecular formula is C19H24N4O3S2. The molecule has 0 saturated carbocycles. The van der Waals surface area contributed by atoms with E-state index in [9.17, 15) is 9.59 Å². The van der Waals surface area contributed by atoms with Crippen LogP contribution in [0, 0.1) is 0 Å². The molecule has 0 radical (unpaired) electrons. The van der Waals surface area contributed by atoms with E-state index in [1.54, 1.807) is 12.1 Å². The molecule has 1 amide bonds. The topological polar surface area (TPSA) is 93.2 Å². The first-order valence-corrected chi connectivity index (χ1v) is 11.0. The fraction of sp³-hybridized carbons (Fsp3) is 0.474. The smallest absolute Gasteiger partial charge is 0.217 e. The highest BCUT2D eigenvalue weighted by atomic mass is 32.2. The fourth-order valence-electron chi connectivity index (χ4n) is 2.90. The number of ether oxygens (including phenoxy) is 1. The summed E-state index contributed by atoms with van der Waals surface area (Å²) in [6.45, 7) is 4.97. The molecule has 1 saturated heterocycles. The minimum Gasteiger partial charge on any atom is -0.376 e. The van der Waals surface area contributed by atoms with E-state index in [-0.39, 0.29) is 23.8 Å². The molecule has 28 heavy (non-hydrogen) atoms. The zero-order valence-corrected chi connectivity index (χ0v) is 17.6. The minimum atomic E-state index is -0.0852. The van der Waals surface area contributed by atoms with E-state index in [1.165, 1.54) is 30.0 Å². The second-order valence-corrected chi connectivity index (χ2v) is 8.85. The molecule has 9 heteroatoms. The van der Waals surface area contributed by atoms with E-state index < -0.39 is 0 Å². The van der Waals surface area contributed by atoms with Gasteiger partial charge in [-0.3, -0.25) is 9.59 Å². The van der Waals surface area contributed by atoms with Crippen molar-refractivity contribution in [1.82, 2.24) is 15.5 Å². The van der Waals surface area contributed by atoms with Crippen molar-refractivity contribution in [2.45, 2.75) is 43.2 Å². The summed E-state index contributed by atoms with van der Waals surface area (Å²) in [5.41, 5.74) is 1.61. The van der Waals surface area contributed by atoms with E-state index in [0.29, 0.717) is 11.3 Å². The molecule has 0 spiro atoms. The molecule has 1 aromatic carbocycles. The van der Waals surface area contributed by atoms with Crippen molar-refractivity contribution in [2.75, 3.05) is 24.2 Å². The number of nitrogens with zero attached hydrogens (tertiary/aromatic N) is 2. The molecule has 0 bridgehead atoms. The zero-order valence-electron chi connectivity index (χ0n) is 15.9. The largest absolute Gasteiger partial charge is 0.376 e. The molecule has 2 heterocycles. The second-order valence-electron chi connectivity index (χ2n) is 6.65. The SMILES string of the molecule is CC(=O)NC(C)c1ccc(C(=O)CSc2nnc(NCC3CCCO3)s2)cc1. The van der Waals surface area contributed by atoms with Crippen LogP contribution >= 0.6 is 23.1 Å². The predicted octanol–water partition coefficient (Wildman–Crippen LogP) is 3.30. The number of aromatic nitrogens is 2. The van der Waals surface area contributed by atoms with Crippen LogP contribution < -0.4 is 10.6 Å². The van der Waals surface area contributed by atoms with Crippen LogP contribution in [0.25, 0.3) is 0 Å². The molecule has 3 rings (SSSR count). The van der Waals surface area contributed by atoms with Crippen LogP contribution in [-0.2, 0) is 9.53 Å². The summed E-state index contributed by atoms with van der Waals surface area (Å²) in [7, 11) is 0. The molecule has 2 unspecified atom stereocenters. The van der Waals surface area contributed by atoms with E-state index >= 15 is 0 Å². The summed E-state index contributed by atoms with van der Waals surface area (Å²) < 4.78 is 6.34. The summed E-state index contributed by atoms with van der Waals surface area (Å²) in [6.07, 6.45) is 2.43. The Labute approximate surface area is 172 Å². The number of rotatable bonds is 9. The lowest BCUT2D eigenvalue weighted by Crippen LogP contribution is -2.23. The first kappa shape index (κ1) is 20.8. The monoisotopic (exact) mass is 420 g/mol. The average molecular weight is 421 g/mol. The highest BCUT2D eigenvalue weighted by molar-refractivity contribution is 8.01. The fourth-order valence-corrected chi connectivity index (χ4v) is 4.56. The molecule has 2 aromatic rings. The van der Waals surface area contributed by atoms with Crippen molar-refractivity contribution in [3.8, 4) is 0 Å². The number of benzene rings is 1. The normalized spacial score (nSPS) is 17.3. The Balaban J connectivity index is 1.46. The van der Waals surface area contributed by atoms with Crippen LogP contribution in [0.2, 0.25) is 0 Å². The van der Waals surface area contributed by atoms with E-state index in [0.717, 1.165) is 41.0 Å². The summed E-state index contributed by atoms with van der Waals surface area (Å²) >= 11 is 2.84. The molecule has 1 aliphatic rings. The first-order valence-electron chi connectivity index (χ1n) is 9.23. The van der Waals surface area contributed by atoms with Gasteiger partial charge in [-0.2, -0.15) is 0 Å². The van der Waals surface area contributed by atoms with Crippen molar-refractivity contribution >= 4 is 39.9 Å². The maximum Gasteiger partial charge on any atom is 0.217 e. The standard InChI is InChI=1S/C19H24N4O3S2/c1-12(21-13(2)24)14-5-7-15(8-6-14)17(25)11-27-19-23-22-18(28-19)20-10-16-4-3-9-26-16/h5-8,12,16H,3-4,9-11H2,1-2H3,(H,20,22)(H,21,24). The van der Waals surface area contributed by atoms with Gasteiger partial charge in [0.25, 0.3) is 0 Å². The lowest BCUT2D eigenvalue weighted by molar-refractivity contribution is -0.119. The van der Waals surface area contributed by atoms with Gasteiger partial charge in [-0.05, 0) is 25.3 Å². The van der Waals surface area contributed by atoms with Crippen LogP contribution in [0.3, 0.4) is 0 Å². The van der Waals surface area contributed by atoms with E-state index in [4.69, 9.17) is 4.74 Å². The number of hydrogen-bond acceptors (Lipinski definition) is 8. The van der Waals surface area contributed by atoms with Crippen molar-refractivity contribution in [2.24, 2.45) is 0 Å². The third-order valence-electron chi connectivity index (χ3n) is 4.39. The molecule has 2 N–H and O–H groups in total. The summed E-state index contributed by atoms with van der Waals surface area (Å²) in [5, 5.41) is 15.1. The van der Waals surface area contributed by atoms with Gasteiger partial charge in [0.05, 0.1) is 17.9 Å². The Kier molecular flexibility index (Phi) is 7.41. The van der Waals surface area contributed by atoms with Gasteiger partial charge in [-0.1, -0.05) is 47.4 Å². The third-order valence-corrected chi connectivity index (χ3v) is 6.40. The highest BCUT2D eigenvalue weighted by Crippen LogP contribution is 2.26. The maximum atomic E-state index is 12.4. The van der Waals surface area contributed by atoms with Gasteiger partial charge in [0.15, 0.2) is 10.1 Å². The summed E-state index contributed by atoms with van der Waals surface area (Å²) in [5.74, 6) is 0.263. The average Bonchev–Trinajstić information content (AvgIpc) is 3.36. The number of Topliss-reactive ketones (excluding diaryl/α,β-unsaturated/α-hetero) is 1.